The Morgan fingerprint density at radius 2 is 1.77 bits per heavy atom. The number of Topliss-reactive ketones (excluding diaryl/α,β-unsaturated/α-hetero) is 1. The van der Waals surface area contributed by atoms with Gasteiger partial charge in [-0.05, 0) is 55.4 Å². The summed E-state index contributed by atoms with van der Waals surface area (Å²) in [5.41, 5.74) is 3.19. The number of aromatic nitrogens is 3. The van der Waals surface area contributed by atoms with Crippen molar-refractivity contribution in [1.29, 1.82) is 5.26 Å². The molecule has 4 aromatic rings. The summed E-state index contributed by atoms with van der Waals surface area (Å²) in [4.78, 5) is 28.5. The molecule has 0 saturated heterocycles. The van der Waals surface area contributed by atoms with Crippen molar-refractivity contribution in [3.63, 3.8) is 0 Å². The van der Waals surface area contributed by atoms with E-state index >= 15 is 4.39 Å². The number of rotatable bonds is 4. The summed E-state index contributed by atoms with van der Waals surface area (Å²) >= 11 is 0. The number of benzene rings is 2. The van der Waals surface area contributed by atoms with Crippen LogP contribution in [-0.4, -0.2) is 20.7 Å². The van der Waals surface area contributed by atoms with E-state index in [4.69, 9.17) is 9.97 Å². The van der Waals surface area contributed by atoms with Crippen LogP contribution in [0.3, 0.4) is 0 Å². The smallest absolute Gasteiger partial charge is 0.179 e. The Morgan fingerprint density at radius 3 is 2.55 bits per heavy atom. The van der Waals surface area contributed by atoms with Gasteiger partial charge in [0, 0.05) is 39.1 Å². The van der Waals surface area contributed by atoms with E-state index in [1.54, 1.807) is 18.3 Å². The number of halogens is 1. The minimum Gasteiger partial charge on any atom is -0.293 e. The van der Waals surface area contributed by atoms with E-state index < -0.39 is 10.8 Å². The van der Waals surface area contributed by atoms with Gasteiger partial charge in [0.15, 0.2) is 11.6 Å². The maximum Gasteiger partial charge on any atom is 0.179 e. The molecule has 3 atom stereocenters. The van der Waals surface area contributed by atoms with Gasteiger partial charge in [-0.25, -0.2) is 14.4 Å². The van der Waals surface area contributed by atoms with E-state index in [0.717, 1.165) is 53.4 Å². The SMILES string of the molecule is C[C@]1(CC2CC2)C(=O)C(C#N)=C[C@@]2(C)c3nc(-c4ccnc5ccccc45)nc(-c4ccccc4F)c3CC[C@H]12. The molecule has 1 saturated carbocycles. The summed E-state index contributed by atoms with van der Waals surface area (Å²) in [6.07, 6.45) is 8.02. The molecule has 0 bridgehead atoms. The molecular formula is C34H29FN4O. The van der Waals surface area contributed by atoms with Crippen LogP contribution in [-0.2, 0) is 16.6 Å². The molecule has 6 heteroatoms. The molecule has 7 rings (SSSR count). The van der Waals surface area contributed by atoms with E-state index in [9.17, 15) is 10.1 Å². The molecule has 0 aliphatic heterocycles. The van der Waals surface area contributed by atoms with Gasteiger partial charge in [-0.2, -0.15) is 5.26 Å². The Labute approximate surface area is 232 Å². The monoisotopic (exact) mass is 528 g/mol. The zero-order chi connectivity index (χ0) is 27.6. The normalized spacial score (nSPS) is 25.6. The van der Waals surface area contributed by atoms with E-state index in [-0.39, 0.29) is 23.1 Å². The van der Waals surface area contributed by atoms with Gasteiger partial charge < -0.3 is 0 Å². The second kappa shape index (κ2) is 8.89. The second-order valence-corrected chi connectivity index (χ2v) is 12.0. The minimum atomic E-state index is -0.684. The van der Waals surface area contributed by atoms with Crippen LogP contribution in [0.5, 0.6) is 0 Å². The van der Waals surface area contributed by atoms with Crippen LogP contribution in [0.1, 0.15) is 50.8 Å². The third kappa shape index (κ3) is 3.64. The van der Waals surface area contributed by atoms with Crippen LogP contribution < -0.4 is 0 Å². The average molecular weight is 529 g/mol. The molecule has 5 nitrogen and oxygen atoms in total. The number of para-hydroxylation sites is 1. The van der Waals surface area contributed by atoms with E-state index in [0.29, 0.717) is 29.4 Å². The third-order valence-electron chi connectivity index (χ3n) is 9.45. The first-order chi connectivity index (χ1) is 19.3. The predicted molar refractivity (Wildman–Crippen MR) is 151 cm³/mol. The van der Waals surface area contributed by atoms with Crippen molar-refractivity contribution in [2.75, 3.05) is 0 Å². The quantitative estimate of drug-likeness (QED) is 0.281. The van der Waals surface area contributed by atoms with Gasteiger partial charge in [-0.3, -0.25) is 9.78 Å². The Hall–Kier alpha value is -4.24. The number of fused-ring (bicyclic) bond motifs is 4. The summed E-state index contributed by atoms with van der Waals surface area (Å²) in [5, 5.41) is 11.0. The summed E-state index contributed by atoms with van der Waals surface area (Å²) in [6.45, 7) is 4.17. The number of nitrogens with zero attached hydrogens (tertiary/aromatic N) is 4. The highest BCUT2D eigenvalue weighted by Crippen LogP contribution is 2.59. The molecule has 0 radical (unpaired) electrons. The number of carbonyl (C=O) groups excluding carboxylic acids is 1. The van der Waals surface area contributed by atoms with Gasteiger partial charge in [-0.1, -0.05) is 63.1 Å². The summed E-state index contributed by atoms with van der Waals surface area (Å²) < 4.78 is 15.3. The first-order valence-corrected chi connectivity index (χ1v) is 14.0. The predicted octanol–water partition coefficient (Wildman–Crippen LogP) is 7.16. The van der Waals surface area contributed by atoms with Crippen LogP contribution in [0.15, 0.2) is 72.4 Å². The van der Waals surface area contributed by atoms with Crippen LogP contribution in [0.25, 0.3) is 33.5 Å². The topological polar surface area (TPSA) is 79.5 Å². The summed E-state index contributed by atoms with van der Waals surface area (Å²) in [7, 11) is 0. The van der Waals surface area contributed by atoms with Crippen LogP contribution >= 0.6 is 0 Å². The van der Waals surface area contributed by atoms with Crippen LogP contribution in [0, 0.1) is 34.4 Å². The standard InChI is InChI=1S/C34H29FN4O/c1-33-18-21(19-36)31(40)34(2,17-20-11-12-20)28(33)14-13-25-29(24-8-3-5-9-26(24)35)38-32(39-30(25)33)23-15-16-37-27-10-6-4-7-22(23)27/h3-10,15-16,18,20,28H,11-14,17H2,1-2H3/t28-,33+,34+/m0/s1. The first kappa shape index (κ1) is 24.8. The minimum absolute atomic E-state index is 0.0249. The fourth-order valence-electron chi connectivity index (χ4n) is 7.43. The molecule has 40 heavy (non-hydrogen) atoms. The maximum atomic E-state index is 15.3. The van der Waals surface area contributed by atoms with E-state index in [2.05, 4.69) is 24.9 Å². The zero-order valence-electron chi connectivity index (χ0n) is 22.6. The Bertz CT molecular complexity index is 1780. The number of pyridine rings is 1. The number of carbonyl (C=O) groups is 1. The van der Waals surface area contributed by atoms with Crippen molar-refractivity contribution in [2.24, 2.45) is 17.3 Å². The lowest BCUT2D eigenvalue weighted by Gasteiger charge is -2.52. The summed E-state index contributed by atoms with van der Waals surface area (Å²) in [6, 6.07) is 18.7. The fourth-order valence-corrected chi connectivity index (χ4v) is 7.43. The first-order valence-electron chi connectivity index (χ1n) is 14.0. The van der Waals surface area contributed by atoms with Crippen molar-refractivity contribution in [3.05, 3.63) is 89.5 Å². The second-order valence-electron chi connectivity index (χ2n) is 12.0. The average Bonchev–Trinajstić information content (AvgIpc) is 3.78. The zero-order valence-corrected chi connectivity index (χ0v) is 22.6. The fraction of sp³-hybridized carbons (Fsp3) is 0.324. The van der Waals surface area contributed by atoms with E-state index in [1.807, 2.05) is 42.5 Å². The number of ketones is 1. The molecule has 0 N–H and O–H groups in total. The Kier molecular flexibility index (Phi) is 5.51. The van der Waals surface area contributed by atoms with Crippen molar-refractivity contribution >= 4 is 16.7 Å². The number of allylic oxidation sites excluding steroid dienone is 2. The number of hydrogen-bond donors (Lipinski definition) is 0. The van der Waals surface area contributed by atoms with E-state index in [1.165, 1.54) is 6.07 Å². The van der Waals surface area contributed by atoms with Gasteiger partial charge in [0.25, 0.3) is 0 Å². The highest BCUT2D eigenvalue weighted by molar-refractivity contribution is 6.05. The lowest BCUT2D eigenvalue weighted by Crippen LogP contribution is -2.53. The van der Waals surface area contributed by atoms with Crippen molar-refractivity contribution in [1.82, 2.24) is 15.0 Å². The molecule has 2 aromatic carbocycles. The molecule has 0 unspecified atom stereocenters. The van der Waals surface area contributed by atoms with Gasteiger partial charge in [0.1, 0.15) is 11.9 Å². The highest BCUT2D eigenvalue weighted by atomic mass is 19.1. The molecule has 2 heterocycles. The molecule has 3 aliphatic carbocycles. The van der Waals surface area contributed by atoms with Gasteiger partial charge in [-0.15, -0.1) is 0 Å². The number of hydrogen-bond acceptors (Lipinski definition) is 5. The summed E-state index contributed by atoms with van der Waals surface area (Å²) in [5.74, 6) is 0.604. The lowest BCUT2D eigenvalue weighted by molar-refractivity contribution is -0.130. The lowest BCUT2D eigenvalue weighted by atomic mass is 9.50. The molecule has 1 fully saturated rings. The van der Waals surface area contributed by atoms with Crippen molar-refractivity contribution in [3.8, 4) is 28.7 Å². The Morgan fingerprint density at radius 1 is 1.00 bits per heavy atom. The third-order valence-corrected chi connectivity index (χ3v) is 9.45. The largest absolute Gasteiger partial charge is 0.293 e. The highest BCUT2D eigenvalue weighted by Gasteiger charge is 2.58. The van der Waals surface area contributed by atoms with Crippen molar-refractivity contribution < 1.29 is 9.18 Å². The van der Waals surface area contributed by atoms with Gasteiger partial charge in [0.2, 0.25) is 0 Å². The molecule has 2 aromatic heterocycles. The Balaban J connectivity index is 1.53. The van der Waals surface area contributed by atoms with Crippen LogP contribution in [0.4, 0.5) is 4.39 Å². The maximum absolute atomic E-state index is 15.3. The van der Waals surface area contributed by atoms with Crippen molar-refractivity contribution in [2.45, 2.75) is 51.4 Å². The van der Waals surface area contributed by atoms with Gasteiger partial charge >= 0.3 is 0 Å². The molecule has 0 amide bonds. The molecule has 0 spiro atoms. The molecule has 3 aliphatic rings. The van der Waals surface area contributed by atoms with Gasteiger partial charge in [0.05, 0.1) is 22.5 Å². The van der Waals surface area contributed by atoms with Crippen LogP contribution in [0.2, 0.25) is 0 Å². The molecular weight excluding hydrogens is 499 g/mol. The molecule has 198 valence electrons. The number of nitriles is 1.